The lowest BCUT2D eigenvalue weighted by molar-refractivity contribution is 0.184. The largest absolute Gasteiger partial charge is 0.379 e. The van der Waals surface area contributed by atoms with Crippen molar-refractivity contribution in [1.29, 1.82) is 0 Å². The van der Waals surface area contributed by atoms with Crippen molar-refractivity contribution in [3.63, 3.8) is 0 Å². The molecular formula is C14H15F2N3O3S. The fraction of sp³-hybridized carbons (Fsp3) is 0.357. The molecule has 23 heavy (non-hydrogen) atoms. The Morgan fingerprint density at radius 3 is 2.96 bits per heavy atom. The van der Waals surface area contributed by atoms with Gasteiger partial charge in [0.05, 0.1) is 30.3 Å². The highest BCUT2D eigenvalue weighted by Crippen LogP contribution is 2.21. The summed E-state index contributed by atoms with van der Waals surface area (Å²) in [5.74, 6) is -2.12. The van der Waals surface area contributed by atoms with E-state index < -0.39 is 27.4 Å². The van der Waals surface area contributed by atoms with E-state index in [0.717, 1.165) is 24.6 Å². The van der Waals surface area contributed by atoms with Gasteiger partial charge in [-0.05, 0) is 24.6 Å². The monoisotopic (exact) mass is 343 g/mol. The van der Waals surface area contributed by atoms with Gasteiger partial charge < -0.3 is 4.74 Å². The Morgan fingerprint density at radius 2 is 2.22 bits per heavy atom. The van der Waals surface area contributed by atoms with Gasteiger partial charge in [-0.3, -0.25) is 9.40 Å². The molecule has 2 aromatic rings. The van der Waals surface area contributed by atoms with Crippen molar-refractivity contribution < 1.29 is 21.9 Å². The minimum atomic E-state index is -3.88. The highest BCUT2D eigenvalue weighted by atomic mass is 32.2. The molecule has 1 aromatic carbocycles. The maximum atomic E-state index is 13.6. The molecule has 0 unspecified atom stereocenters. The Kier molecular flexibility index (Phi) is 4.31. The Balaban J connectivity index is 1.72. The van der Waals surface area contributed by atoms with Crippen LogP contribution in [0, 0.1) is 11.6 Å². The summed E-state index contributed by atoms with van der Waals surface area (Å²) in [5, 5.41) is 4.10. The smallest absolute Gasteiger partial charge is 0.237 e. The van der Waals surface area contributed by atoms with Gasteiger partial charge >= 0.3 is 0 Å². The molecule has 0 amide bonds. The zero-order chi connectivity index (χ0) is 16.4. The summed E-state index contributed by atoms with van der Waals surface area (Å²) < 4.78 is 60.1. The van der Waals surface area contributed by atoms with Gasteiger partial charge in [-0.2, -0.15) is 5.10 Å². The summed E-state index contributed by atoms with van der Waals surface area (Å²) in [5.41, 5.74) is 0.0443. The molecule has 0 radical (unpaired) electrons. The summed E-state index contributed by atoms with van der Waals surface area (Å²) in [6.45, 7) is 1.17. The second kappa shape index (κ2) is 6.25. The van der Waals surface area contributed by atoms with Gasteiger partial charge in [0.25, 0.3) is 0 Å². The molecule has 1 saturated heterocycles. The van der Waals surface area contributed by atoms with Gasteiger partial charge in [-0.25, -0.2) is 17.2 Å². The quantitative estimate of drug-likeness (QED) is 0.902. The summed E-state index contributed by atoms with van der Waals surface area (Å²) >= 11 is 0. The number of hydrogen-bond acceptors (Lipinski definition) is 4. The molecule has 0 aliphatic carbocycles. The number of nitrogens with zero attached hydrogens (tertiary/aromatic N) is 2. The van der Waals surface area contributed by atoms with Crippen LogP contribution < -0.4 is 4.72 Å². The zero-order valence-electron chi connectivity index (χ0n) is 12.1. The van der Waals surface area contributed by atoms with Crippen LogP contribution in [0.4, 0.5) is 14.5 Å². The lowest BCUT2D eigenvalue weighted by atomic mass is 10.2. The highest BCUT2D eigenvalue weighted by Gasteiger charge is 2.20. The summed E-state index contributed by atoms with van der Waals surface area (Å²) in [6.07, 6.45) is 3.74. The first-order valence-electron chi connectivity index (χ1n) is 6.99. The SMILES string of the molecule is O=S(=O)(Cc1cc(F)ccc1F)Nc1cnn([C@@H]2CCOC2)c1. The van der Waals surface area contributed by atoms with Crippen molar-refractivity contribution in [2.45, 2.75) is 18.2 Å². The molecule has 1 aliphatic rings. The predicted octanol–water partition coefficient (Wildman–Crippen LogP) is 2.06. The van der Waals surface area contributed by atoms with Crippen molar-refractivity contribution in [1.82, 2.24) is 9.78 Å². The molecule has 124 valence electrons. The molecule has 6 nitrogen and oxygen atoms in total. The van der Waals surface area contributed by atoms with E-state index in [1.807, 2.05) is 0 Å². The first-order valence-corrected chi connectivity index (χ1v) is 8.64. The van der Waals surface area contributed by atoms with E-state index in [1.54, 1.807) is 10.9 Å². The van der Waals surface area contributed by atoms with Crippen LogP contribution in [0.5, 0.6) is 0 Å². The van der Waals surface area contributed by atoms with Crippen LogP contribution in [0.15, 0.2) is 30.6 Å². The molecule has 2 heterocycles. The molecule has 1 fully saturated rings. The van der Waals surface area contributed by atoms with E-state index in [2.05, 4.69) is 9.82 Å². The third kappa shape index (κ3) is 3.85. The average molecular weight is 343 g/mol. The second-order valence-electron chi connectivity index (χ2n) is 5.32. The van der Waals surface area contributed by atoms with Crippen molar-refractivity contribution in [3.8, 4) is 0 Å². The molecule has 1 atom stereocenters. The molecule has 3 rings (SSSR count). The third-order valence-corrected chi connectivity index (χ3v) is 4.75. The molecule has 1 aromatic heterocycles. The summed E-state index contributed by atoms with van der Waals surface area (Å²) in [7, 11) is -3.88. The Morgan fingerprint density at radius 1 is 1.39 bits per heavy atom. The van der Waals surface area contributed by atoms with Gasteiger partial charge in [0.1, 0.15) is 11.6 Å². The number of anilines is 1. The van der Waals surface area contributed by atoms with Crippen molar-refractivity contribution in [2.75, 3.05) is 17.9 Å². The van der Waals surface area contributed by atoms with Gasteiger partial charge in [-0.1, -0.05) is 0 Å². The van der Waals surface area contributed by atoms with Crippen LogP contribution in [0.2, 0.25) is 0 Å². The van der Waals surface area contributed by atoms with E-state index in [9.17, 15) is 17.2 Å². The molecule has 9 heteroatoms. The average Bonchev–Trinajstić information content (AvgIpc) is 3.12. The normalized spacial score (nSPS) is 18.3. The van der Waals surface area contributed by atoms with Crippen molar-refractivity contribution in [2.24, 2.45) is 0 Å². The number of rotatable bonds is 5. The van der Waals surface area contributed by atoms with Crippen molar-refractivity contribution in [3.05, 3.63) is 47.8 Å². The minimum absolute atomic E-state index is 0.0777. The Bertz CT molecular complexity index is 801. The maximum Gasteiger partial charge on any atom is 0.237 e. The lowest BCUT2D eigenvalue weighted by Crippen LogP contribution is -2.16. The van der Waals surface area contributed by atoms with E-state index in [1.165, 1.54) is 6.20 Å². The number of hydrogen-bond donors (Lipinski definition) is 1. The van der Waals surface area contributed by atoms with Gasteiger partial charge in [0.2, 0.25) is 10.0 Å². The molecular weight excluding hydrogens is 328 g/mol. The number of sulfonamides is 1. The van der Waals surface area contributed by atoms with Gasteiger partial charge in [0, 0.05) is 18.4 Å². The van der Waals surface area contributed by atoms with E-state index in [-0.39, 0.29) is 17.3 Å². The Labute approximate surface area is 132 Å². The topological polar surface area (TPSA) is 73.2 Å². The number of aromatic nitrogens is 2. The highest BCUT2D eigenvalue weighted by molar-refractivity contribution is 7.91. The van der Waals surface area contributed by atoms with E-state index >= 15 is 0 Å². The van der Waals surface area contributed by atoms with Gasteiger partial charge in [-0.15, -0.1) is 0 Å². The van der Waals surface area contributed by atoms with Crippen LogP contribution in [-0.2, 0) is 20.5 Å². The van der Waals surface area contributed by atoms with Gasteiger partial charge in [0.15, 0.2) is 0 Å². The minimum Gasteiger partial charge on any atom is -0.379 e. The molecule has 1 aliphatic heterocycles. The number of benzene rings is 1. The fourth-order valence-electron chi connectivity index (χ4n) is 2.40. The first kappa shape index (κ1) is 15.9. The molecule has 0 bridgehead atoms. The van der Waals surface area contributed by atoms with E-state index in [0.29, 0.717) is 13.2 Å². The maximum absolute atomic E-state index is 13.6. The van der Waals surface area contributed by atoms with Crippen LogP contribution >= 0.6 is 0 Å². The standard InChI is InChI=1S/C14H15F2N3O3S/c15-11-1-2-14(16)10(5-11)9-23(20,21)18-12-6-17-19(7-12)13-3-4-22-8-13/h1-2,5-7,13,18H,3-4,8-9H2/t13-/m1/s1. The molecule has 1 N–H and O–H groups in total. The van der Waals surface area contributed by atoms with Crippen LogP contribution in [0.1, 0.15) is 18.0 Å². The number of ether oxygens (including phenoxy) is 1. The molecule has 0 spiro atoms. The number of nitrogens with one attached hydrogen (secondary N) is 1. The second-order valence-corrected chi connectivity index (χ2v) is 7.05. The fourth-order valence-corrected chi connectivity index (χ4v) is 3.56. The first-order chi connectivity index (χ1) is 10.9. The zero-order valence-corrected chi connectivity index (χ0v) is 12.9. The van der Waals surface area contributed by atoms with Crippen LogP contribution in [-0.4, -0.2) is 31.4 Å². The van der Waals surface area contributed by atoms with E-state index in [4.69, 9.17) is 4.74 Å². The predicted molar refractivity (Wildman–Crippen MR) is 79.3 cm³/mol. The molecule has 0 saturated carbocycles. The summed E-state index contributed by atoms with van der Waals surface area (Å²) in [4.78, 5) is 0. The Hall–Kier alpha value is -2.00. The number of halogens is 2. The lowest BCUT2D eigenvalue weighted by Gasteiger charge is -2.08. The summed E-state index contributed by atoms with van der Waals surface area (Å²) in [6, 6.07) is 2.78. The third-order valence-electron chi connectivity index (χ3n) is 3.51. The van der Waals surface area contributed by atoms with Crippen molar-refractivity contribution >= 4 is 15.7 Å². The van der Waals surface area contributed by atoms with Crippen LogP contribution in [0.3, 0.4) is 0 Å². The van der Waals surface area contributed by atoms with Crippen LogP contribution in [0.25, 0.3) is 0 Å².